The summed E-state index contributed by atoms with van der Waals surface area (Å²) >= 11 is 1.43. The largest absolute Gasteiger partial charge is 0.459 e. The van der Waals surface area contributed by atoms with Crippen LogP contribution in [0.4, 0.5) is 0 Å². The fourth-order valence-electron chi connectivity index (χ4n) is 3.01. The van der Waals surface area contributed by atoms with Crippen molar-refractivity contribution in [3.05, 3.63) is 46.7 Å². The molecule has 2 aliphatic heterocycles. The second kappa shape index (κ2) is 6.67. The third-order valence-corrected chi connectivity index (χ3v) is 5.27. The number of amidine groups is 1. The van der Waals surface area contributed by atoms with Gasteiger partial charge < -0.3 is 4.74 Å². The Morgan fingerprint density at radius 2 is 1.88 bits per heavy atom. The number of allylic oxidation sites excluding steroid dienone is 1. The number of hydrogen-bond donors (Lipinski definition) is 0. The first-order valence-electron chi connectivity index (χ1n) is 8.36. The molecule has 6 heteroatoms. The van der Waals surface area contributed by atoms with Crippen molar-refractivity contribution in [2.75, 3.05) is 0 Å². The van der Waals surface area contributed by atoms with E-state index >= 15 is 0 Å². The van der Waals surface area contributed by atoms with Gasteiger partial charge in [0.2, 0.25) is 5.91 Å². The normalized spacial score (nSPS) is 23.0. The lowest BCUT2D eigenvalue weighted by atomic mass is 9.93. The van der Waals surface area contributed by atoms with Crippen LogP contribution in [0.5, 0.6) is 0 Å². The van der Waals surface area contributed by atoms with E-state index < -0.39 is 12.0 Å². The van der Waals surface area contributed by atoms with Gasteiger partial charge in [0.05, 0.1) is 28.7 Å². The molecule has 1 aromatic rings. The standard InChI is InChI=1S/C19H22N2O3S/c1-10(2)24-18(23)15-12(4)20-19-21(17(22)13(5)25-19)16(15)14-8-6-11(3)7-9-14/h6-10,13,16H,1-5H3/t13-,16+/m0/s1. The molecule has 25 heavy (non-hydrogen) atoms. The van der Waals surface area contributed by atoms with E-state index in [1.807, 2.05) is 52.0 Å². The second-order valence-corrected chi connectivity index (χ2v) is 7.94. The van der Waals surface area contributed by atoms with Gasteiger partial charge in [-0.25, -0.2) is 9.79 Å². The highest BCUT2D eigenvalue weighted by Crippen LogP contribution is 2.43. The Hall–Kier alpha value is -2.08. The van der Waals surface area contributed by atoms with Crippen molar-refractivity contribution < 1.29 is 14.3 Å². The highest BCUT2D eigenvalue weighted by Gasteiger charge is 2.46. The van der Waals surface area contributed by atoms with Gasteiger partial charge in [-0.15, -0.1) is 0 Å². The van der Waals surface area contributed by atoms with E-state index in [-0.39, 0.29) is 17.3 Å². The fourth-order valence-corrected chi connectivity index (χ4v) is 4.03. The van der Waals surface area contributed by atoms with Crippen LogP contribution < -0.4 is 0 Å². The van der Waals surface area contributed by atoms with Crippen LogP contribution in [0.3, 0.4) is 0 Å². The van der Waals surface area contributed by atoms with Crippen LogP contribution in [0.2, 0.25) is 0 Å². The summed E-state index contributed by atoms with van der Waals surface area (Å²) in [5.74, 6) is -0.449. The van der Waals surface area contributed by atoms with Crippen molar-refractivity contribution >= 4 is 28.8 Å². The van der Waals surface area contributed by atoms with Crippen LogP contribution in [0.15, 0.2) is 40.5 Å². The Morgan fingerprint density at radius 3 is 2.48 bits per heavy atom. The van der Waals surface area contributed by atoms with Crippen molar-refractivity contribution in [3.8, 4) is 0 Å². The number of rotatable bonds is 3. The summed E-state index contributed by atoms with van der Waals surface area (Å²) in [7, 11) is 0. The fraction of sp³-hybridized carbons (Fsp3) is 0.421. The highest BCUT2D eigenvalue weighted by molar-refractivity contribution is 8.15. The summed E-state index contributed by atoms with van der Waals surface area (Å²) in [6.07, 6.45) is -0.237. The molecule has 0 N–H and O–H groups in total. The van der Waals surface area contributed by atoms with E-state index in [0.717, 1.165) is 11.1 Å². The average Bonchev–Trinajstić information content (AvgIpc) is 2.80. The lowest BCUT2D eigenvalue weighted by Crippen LogP contribution is -2.40. The maximum atomic E-state index is 12.8. The lowest BCUT2D eigenvalue weighted by Gasteiger charge is -2.33. The van der Waals surface area contributed by atoms with E-state index in [4.69, 9.17) is 4.74 Å². The van der Waals surface area contributed by atoms with E-state index in [2.05, 4.69) is 4.99 Å². The molecule has 0 spiro atoms. The Morgan fingerprint density at radius 1 is 1.24 bits per heavy atom. The van der Waals surface area contributed by atoms with Crippen LogP contribution >= 0.6 is 11.8 Å². The number of fused-ring (bicyclic) bond motifs is 1. The van der Waals surface area contributed by atoms with Gasteiger partial charge in [0.25, 0.3) is 0 Å². The quantitative estimate of drug-likeness (QED) is 0.775. The lowest BCUT2D eigenvalue weighted by molar-refractivity contribution is -0.143. The van der Waals surface area contributed by atoms with Gasteiger partial charge in [-0.1, -0.05) is 41.6 Å². The summed E-state index contributed by atoms with van der Waals surface area (Å²) in [6, 6.07) is 7.39. The molecule has 1 amide bonds. The first-order valence-corrected chi connectivity index (χ1v) is 9.24. The summed E-state index contributed by atoms with van der Waals surface area (Å²) in [6.45, 7) is 9.29. The molecule has 132 valence electrons. The Labute approximate surface area is 152 Å². The molecule has 0 aliphatic carbocycles. The molecule has 0 saturated carbocycles. The van der Waals surface area contributed by atoms with Gasteiger partial charge in [-0.3, -0.25) is 9.69 Å². The molecule has 1 fully saturated rings. The van der Waals surface area contributed by atoms with Crippen molar-refractivity contribution in [2.24, 2.45) is 4.99 Å². The number of aliphatic imine (C=N–C) groups is 1. The number of carbonyl (C=O) groups excluding carboxylic acids is 2. The first-order chi connectivity index (χ1) is 11.8. The maximum absolute atomic E-state index is 12.8. The number of hydrogen-bond acceptors (Lipinski definition) is 5. The maximum Gasteiger partial charge on any atom is 0.338 e. The molecule has 0 bridgehead atoms. The number of benzene rings is 1. The number of ether oxygens (including phenoxy) is 1. The topological polar surface area (TPSA) is 59.0 Å². The molecule has 3 rings (SSSR count). The van der Waals surface area contributed by atoms with Crippen LogP contribution in [-0.2, 0) is 14.3 Å². The van der Waals surface area contributed by atoms with E-state index in [9.17, 15) is 9.59 Å². The van der Waals surface area contributed by atoms with E-state index in [1.54, 1.807) is 11.8 Å². The zero-order chi connectivity index (χ0) is 18.3. The molecule has 5 nitrogen and oxygen atoms in total. The van der Waals surface area contributed by atoms with Crippen LogP contribution in [0.25, 0.3) is 0 Å². The number of esters is 1. The minimum atomic E-state index is -0.496. The molecule has 2 atom stereocenters. The van der Waals surface area contributed by atoms with Gasteiger partial charge >= 0.3 is 5.97 Å². The Kier molecular flexibility index (Phi) is 4.73. The summed E-state index contributed by atoms with van der Waals surface area (Å²) < 4.78 is 5.44. The van der Waals surface area contributed by atoms with Crippen molar-refractivity contribution in [1.82, 2.24) is 4.90 Å². The average molecular weight is 358 g/mol. The second-order valence-electron chi connectivity index (χ2n) is 6.63. The zero-order valence-corrected chi connectivity index (χ0v) is 15.9. The van der Waals surface area contributed by atoms with E-state index in [1.165, 1.54) is 11.8 Å². The van der Waals surface area contributed by atoms with E-state index in [0.29, 0.717) is 16.4 Å². The number of thioether (sulfide) groups is 1. The minimum Gasteiger partial charge on any atom is -0.459 e. The SMILES string of the molecule is CC1=C(C(=O)OC(C)C)[C@@H](c2ccc(C)cc2)N2C(=O)[C@H](C)SC2=N1. The Balaban J connectivity index is 2.12. The molecule has 0 aromatic heterocycles. The third-order valence-electron chi connectivity index (χ3n) is 4.21. The monoisotopic (exact) mass is 358 g/mol. The minimum absolute atomic E-state index is 0.0309. The number of carbonyl (C=O) groups is 2. The van der Waals surface area contributed by atoms with Gasteiger partial charge in [-0.05, 0) is 40.2 Å². The van der Waals surface area contributed by atoms with Gasteiger partial charge in [0.15, 0.2) is 5.17 Å². The predicted molar refractivity (Wildman–Crippen MR) is 99.2 cm³/mol. The summed E-state index contributed by atoms with van der Waals surface area (Å²) in [5, 5.41) is 0.446. The molecule has 1 saturated heterocycles. The van der Waals surface area contributed by atoms with Crippen molar-refractivity contribution in [2.45, 2.75) is 52.0 Å². The van der Waals surface area contributed by atoms with Crippen molar-refractivity contribution in [3.63, 3.8) is 0 Å². The summed E-state index contributed by atoms with van der Waals surface area (Å²) in [5.41, 5.74) is 3.05. The molecule has 2 heterocycles. The highest BCUT2D eigenvalue weighted by atomic mass is 32.2. The first kappa shape index (κ1) is 17.7. The number of nitrogens with zero attached hydrogens (tertiary/aromatic N) is 2. The molecule has 2 aliphatic rings. The predicted octanol–water partition coefficient (Wildman–Crippen LogP) is 3.60. The summed E-state index contributed by atoms with van der Waals surface area (Å²) in [4.78, 5) is 31.6. The van der Waals surface area contributed by atoms with Crippen LogP contribution in [0, 0.1) is 6.92 Å². The molecule has 1 aromatic carbocycles. The zero-order valence-electron chi connectivity index (χ0n) is 15.1. The van der Waals surface area contributed by atoms with Gasteiger partial charge in [0.1, 0.15) is 0 Å². The molecule has 0 radical (unpaired) electrons. The number of aryl methyl sites for hydroxylation is 1. The Bertz CT molecular complexity index is 780. The third kappa shape index (κ3) is 3.23. The van der Waals surface area contributed by atoms with Gasteiger partial charge in [0, 0.05) is 0 Å². The molecular weight excluding hydrogens is 336 g/mol. The van der Waals surface area contributed by atoms with Crippen LogP contribution in [0.1, 0.15) is 44.9 Å². The van der Waals surface area contributed by atoms with Gasteiger partial charge in [-0.2, -0.15) is 0 Å². The smallest absolute Gasteiger partial charge is 0.338 e. The van der Waals surface area contributed by atoms with Crippen LogP contribution in [-0.4, -0.2) is 33.3 Å². The molecular formula is C19H22N2O3S. The molecule has 0 unspecified atom stereocenters. The number of amides is 1. The van der Waals surface area contributed by atoms with Crippen molar-refractivity contribution in [1.29, 1.82) is 0 Å².